The molecule has 3 aromatic carbocycles. The van der Waals surface area contributed by atoms with E-state index in [-0.39, 0.29) is 5.56 Å². The van der Waals surface area contributed by atoms with E-state index in [1.807, 2.05) is 12.1 Å². The second-order valence-corrected chi connectivity index (χ2v) is 8.52. The van der Waals surface area contributed by atoms with Gasteiger partial charge in [-0.15, -0.1) is 0 Å². The Hall–Kier alpha value is -3.75. The lowest BCUT2D eigenvalue weighted by molar-refractivity contribution is 0.0831. The number of imide groups is 1. The Balaban J connectivity index is 1.48. The molecule has 1 aromatic heterocycles. The van der Waals surface area contributed by atoms with E-state index in [1.54, 1.807) is 47.3 Å². The zero-order valence-electron chi connectivity index (χ0n) is 18.5. The molecule has 4 aromatic rings. The van der Waals surface area contributed by atoms with Gasteiger partial charge in [0.25, 0.3) is 5.91 Å². The molecule has 35 heavy (non-hydrogen) atoms. The highest BCUT2D eigenvalue weighted by Gasteiger charge is 2.26. The van der Waals surface area contributed by atoms with E-state index < -0.39 is 29.1 Å². The van der Waals surface area contributed by atoms with Gasteiger partial charge in [-0.1, -0.05) is 41.4 Å². The molecule has 178 valence electrons. The van der Waals surface area contributed by atoms with Gasteiger partial charge in [-0.25, -0.2) is 18.3 Å². The molecule has 4 rings (SSSR count). The first-order valence-electron chi connectivity index (χ1n) is 10.3. The van der Waals surface area contributed by atoms with Crippen molar-refractivity contribution in [2.45, 2.75) is 6.92 Å². The topological polar surface area (TPSA) is 67.2 Å². The number of nitrogens with one attached hydrogen (secondary N) is 1. The van der Waals surface area contributed by atoms with Crippen molar-refractivity contribution in [1.82, 2.24) is 14.7 Å². The number of nitrogens with zero attached hydrogens (tertiary/aromatic N) is 3. The molecule has 0 aliphatic carbocycles. The summed E-state index contributed by atoms with van der Waals surface area (Å²) in [6.07, 6.45) is 1.65. The van der Waals surface area contributed by atoms with Gasteiger partial charge in [0.2, 0.25) is 0 Å². The number of urea groups is 1. The fraction of sp³-hybridized carbons (Fsp3) is 0.0800. The number of rotatable bonds is 4. The van der Waals surface area contributed by atoms with Crippen LogP contribution >= 0.6 is 23.2 Å². The lowest BCUT2D eigenvalue weighted by atomic mass is 10.1. The lowest BCUT2D eigenvalue weighted by Crippen LogP contribution is -2.37. The van der Waals surface area contributed by atoms with Crippen molar-refractivity contribution in [3.63, 3.8) is 0 Å². The van der Waals surface area contributed by atoms with Crippen molar-refractivity contribution >= 4 is 40.8 Å². The molecule has 0 saturated carbocycles. The molecule has 0 unspecified atom stereocenters. The molecule has 0 saturated heterocycles. The molecule has 1 heterocycles. The number of aryl methyl sites for hydroxylation is 1. The highest BCUT2D eigenvalue weighted by Crippen LogP contribution is 2.29. The van der Waals surface area contributed by atoms with Gasteiger partial charge < -0.3 is 5.32 Å². The Morgan fingerprint density at radius 1 is 0.971 bits per heavy atom. The van der Waals surface area contributed by atoms with Gasteiger partial charge in [0.05, 0.1) is 16.9 Å². The first kappa shape index (κ1) is 24.4. The van der Waals surface area contributed by atoms with Gasteiger partial charge in [-0.3, -0.25) is 9.69 Å². The van der Waals surface area contributed by atoms with Crippen LogP contribution in [0.5, 0.6) is 0 Å². The standard InChI is InChI=1S/C25H18Cl2F2N4O2/c1-14-3-12-20(28)21(22(14)29)24(34)32(2)25(35)30-17-8-10-18(11-9-17)33-13-19(27)23(31-33)15-4-6-16(26)7-5-15/h3-13H,1-2H3,(H,30,35). The molecule has 0 aliphatic rings. The number of aromatic nitrogens is 2. The molecule has 0 aliphatic heterocycles. The Bertz CT molecular complexity index is 1420. The number of halogens is 4. The van der Waals surface area contributed by atoms with Crippen LogP contribution in [-0.4, -0.2) is 33.7 Å². The zero-order valence-corrected chi connectivity index (χ0v) is 20.0. The molecular formula is C25H18Cl2F2N4O2. The molecule has 0 bridgehead atoms. The minimum Gasteiger partial charge on any atom is -0.307 e. The van der Waals surface area contributed by atoms with Crippen molar-refractivity contribution in [3.8, 4) is 16.9 Å². The fourth-order valence-electron chi connectivity index (χ4n) is 3.31. The van der Waals surface area contributed by atoms with Crippen LogP contribution in [0.2, 0.25) is 10.0 Å². The summed E-state index contributed by atoms with van der Waals surface area (Å²) >= 11 is 12.3. The second kappa shape index (κ2) is 9.85. The minimum absolute atomic E-state index is 0.0945. The molecule has 0 spiro atoms. The Morgan fingerprint density at radius 2 is 1.63 bits per heavy atom. The maximum atomic E-state index is 14.3. The average Bonchev–Trinajstić information content (AvgIpc) is 3.23. The molecule has 0 atom stereocenters. The van der Waals surface area contributed by atoms with Crippen LogP contribution in [0.15, 0.2) is 66.9 Å². The third kappa shape index (κ3) is 5.03. The predicted molar refractivity (Wildman–Crippen MR) is 131 cm³/mol. The summed E-state index contributed by atoms with van der Waals surface area (Å²) in [4.78, 5) is 25.7. The quantitative estimate of drug-likeness (QED) is 0.328. The number of hydrogen-bond donors (Lipinski definition) is 1. The average molecular weight is 515 g/mol. The molecule has 0 fully saturated rings. The summed E-state index contributed by atoms with van der Waals surface area (Å²) in [5.41, 5.74) is 1.72. The van der Waals surface area contributed by atoms with E-state index in [1.165, 1.54) is 13.0 Å². The van der Waals surface area contributed by atoms with E-state index in [0.29, 0.717) is 32.0 Å². The van der Waals surface area contributed by atoms with Crippen molar-refractivity contribution in [3.05, 3.63) is 99.7 Å². The highest BCUT2D eigenvalue weighted by atomic mass is 35.5. The number of carbonyl (C=O) groups excluding carboxylic acids is 2. The predicted octanol–water partition coefficient (Wildman–Crippen LogP) is 6.74. The normalized spacial score (nSPS) is 10.8. The van der Waals surface area contributed by atoms with Crippen LogP contribution < -0.4 is 5.32 Å². The van der Waals surface area contributed by atoms with Gasteiger partial charge in [0.1, 0.15) is 22.9 Å². The van der Waals surface area contributed by atoms with Gasteiger partial charge >= 0.3 is 6.03 Å². The largest absolute Gasteiger partial charge is 0.328 e. The zero-order chi connectivity index (χ0) is 25.3. The fourth-order valence-corrected chi connectivity index (χ4v) is 3.67. The van der Waals surface area contributed by atoms with Crippen LogP contribution in [-0.2, 0) is 0 Å². The van der Waals surface area contributed by atoms with Crippen LogP contribution in [0.1, 0.15) is 15.9 Å². The van der Waals surface area contributed by atoms with Gasteiger partial charge in [0, 0.05) is 23.3 Å². The van der Waals surface area contributed by atoms with Crippen molar-refractivity contribution < 1.29 is 18.4 Å². The van der Waals surface area contributed by atoms with E-state index in [2.05, 4.69) is 10.4 Å². The van der Waals surface area contributed by atoms with Gasteiger partial charge in [-0.05, 0) is 55.0 Å². The van der Waals surface area contributed by atoms with Crippen LogP contribution in [0.4, 0.5) is 19.3 Å². The van der Waals surface area contributed by atoms with Crippen molar-refractivity contribution in [2.75, 3.05) is 12.4 Å². The summed E-state index contributed by atoms with van der Waals surface area (Å²) in [6, 6.07) is 15.0. The summed E-state index contributed by atoms with van der Waals surface area (Å²) in [5.74, 6) is -3.15. The maximum absolute atomic E-state index is 14.3. The van der Waals surface area contributed by atoms with E-state index in [4.69, 9.17) is 23.2 Å². The van der Waals surface area contributed by atoms with Crippen LogP contribution in [0, 0.1) is 18.6 Å². The summed E-state index contributed by atoms with van der Waals surface area (Å²) in [6.45, 7) is 1.40. The van der Waals surface area contributed by atoms with E-state index in [0.717, 1.165) is 18.7 Å². The second-order valence-electron chi connectivity index (χ2n) is 7.67. The molecule has 3 amide bonds. The molecule has 1 N–H and O–H groups in total. The Labute approximate surface area is 209 Å². The molecule has 6 nitrogen and oxygen atoms in total. The smallest absolute Gasteiger partial charge is 0.307 e. The first-order valence-corrected chi connectivity index (χ1v) is 11.1. The third-order valence-corrected chi connectivity index (χ3v) is 5.81. The molecular weight excluding hydrogens is 497 g/mol. The SMILES string of the molecule is Cc1ccc(F)c(C(=O)N(C)C(=O)Nc2ccc(-n3cc(Cl)c(-c4ccc(Cl)cc4)n3)cc2)c1F. The van der Waals surface area contributed by atoms with Crippen molar-refractivity contribution in [2.24, 2.45) is 0 Å². The lowest BCUT2D eigenvalue weighted by Gasteiger charge is -2.17. The van der Waals surface area contributed by atoms with Gasteiger partial charge in [0.15, 0.2) is 0 Å². The number of amides is 3. The van der Waals surface area contributed by atoms with E-state index >= 15 is 0 Å². The monoisotopic (exact) mass is 514 g/mol. The summed E-state index contributed by atoms with van der Waals surface area (Å²) < 4.78 is 29.9. The Morgan fingerprint density at radius 3 is 2.29 bits per heavy atom. The van der Waals surface area contributed by atoms with Crippen LogP contribution in [0.25, 0.3) is 16.9 Å². The van der Waals surface area contributed by atoms with Crippen LogP contribution in [0.3, 0.4) is 0 Å². The highest BCUT2D eigenvalue weighted by molar-refractivity contribution is 6.33. The summed E-state index contributed by atoms with van der Waals surface area (Å²) in [5, 5.41) is 8.08. The number of carbonyl (C=O) groups is 2. The number of hydrogen-bond acceptors (Lipinski definition) is 3. The minimum atomic E-state index is -1.10. The van der Waals surface area contributed by atoms with Gasteiger partial charge in [-0.2, -0.15) is 5.10 Å². The van der Waals surface area contributed by atoms with E-state index in [9.17, 15) is 18.4 Å². The first-order chi connectivity index (χ1) is 16.7. The molecule has 10 heteroatoms. The van der Waals surface area contributed by atoms with Crippen molar-refractivity contribution in [1.29, 1.82) is 0 Å². The number of benzene rings is 3. The third-order valence-electron chi connectivity index (χ3n) is 5.28. The molecule has 0 radical (unpaired) electrons. The number of anilines is 1. The summed E-state index contributed by atoms with van der Waals surface area (Å²) in [7, 11) is 1.14. The Kier molecular flexibility index (Phi) is 6.86. The maximum Gasteiger partial charge on any atom is 0.328 e.